The highest BCUT2D eigenvalue weighted by atomic mass is 16.4. The molecule has 1 amide bonds. The highest BCUT2D eigenvalue weighted by molar-refractivity contribution is 5.99. The molecule has 1 saturated carbocycles. The van der Waals surface area contributed by atoms with E-state index in [0.29, 0.717) is 16.3 Å². The minimum Gasteiger partial charge on any atom is -0.530 e. The van der Waals surface area contributed by atoms with Gasteiger partial charge >= 0.3 is 0 Å². The lowest BCUT2D eigenvalue weighted by atomic mass is 10.1. The minimum atomic E-state index is -1.43. The number of benzene rings is 1. The summed E-state index contributed by atoms with van der Waals surface area (Å²) in [6, 6.07) is 5.07. The summed E-state index contributed by atoms with van der Waals surface area (Å²) >= 11 is 0. The third-order valence-electron chi connectivity index (χ3n) is 3.22. The molecule has 1 atom stereocenters. The van der Waals surface area contributed by atoms with Gasteiger partial charge in [0.05, 0.1) is 10.7 Å². The number of carbonyl (C=O) groups excluding carboxylic acids is 2. The second kappa shape index (κ2) is 3.88. The Bertz CT molecular complexity index is 694. The highest BCUT2D eigenvalue weighted by Gasteiger charge is 2.31. The Kier molecular flexibility index (Phi) is 2.41. The molecule has 1 fully saturated rings. The van der Waals surface area contributed by atoms with Crippen LogP contribution in [0.3, 0.4) is 0 Å². The van der Waals surface area contributed by atoms with Crippen LogP contribution in [0, 0.1) is 5.92 Å². The van der Waals surface area contributed by atoms with E-state index in [1.807, 2.05) is 0 Å². The van der Waals surface area contributed by atoms with Crippen molar-refractivity contribution in [1.29, 1.82) is 0 Å². The molecule has 0 spiro atoms. The molecular formula is C13H12N3O3-. The molecule has 1 N–H and O–H groups in total. The van der Waals surface area contributed by atoms with E-state index in [0.717, 1.165) is 12.8 Å². The fraction of sp³-hybridized carbons (Fsp3) is 0.385. The van der Waals surface area contributed by atoms with E-state index >= 15 is 0 Å². The van der Waals surface area contributed by atoms with Crippen LogP contribution < -0.4 is 21.1 Å². The molecule has 1 aliphatic heterocycles. The average Bonchev–Trinajstić information content (AvgIpc) is 3.09. The molecule has 6 nitrogen and oxygen atoms in total. The molecular weight excluding hydrogens is 246 g/mol. The predicted octanol–water partition coefficient (Wildman–Crippen LogP) is -0.861. The van der Waals surface area contributed by atoms with Crippen LogP contribution in [0.5, 0.6) is 0 Å². The van der Waals surface area contributed by atoms with Crippen molar-refractivity contribution in [2.75, 3.05) is 0 Å². The topological polar surface area (TPSA) is 94.0 Å². The fourth-order valence-corrected chi connectivity index (χ4v) is 2.19. The lowest BCUT2D eigenvalue weighted by molar-refractivity contribution is -0.252. The molecule has 3 rings (SSSR count). The van der Waals surface area contributed by atoms with Crippen molar-refractivity contribution < 1.29 is 14.7 Å². The summed E-state index contributed by atoms with van der Waals surface area (Å²) in [5.41, 5.74) is 0.609. The van der Waals surface area contributed by atoms with E-state index in [1.165, 1.54) is 6.92 Å². The minimum absolute atomic E-state index is 0.125. The molecule has 1 aromatic carbocycles. The molecule has 0 saturated heterocycles. The van der Waals surface area contributed by atoms with Crippen molar-refractivity contribution in [3.63, 3.8) is 0 Å². The van der Waals surface area contributed by atoms with Crippen LogP contribution in [0.2, 0.25) is 0 Å². The normalized spacial score (nSPS) is 24.1. The van der Waals surface area contributed by atoms with Crippen molar-refractivity contribution in [2.45, 2.75) is 25.6 Å². The van der Waals surface area contributed by atoms with Gasteiger partial charge in [0, 0.05) is 18.4 Å². The second-order valence-electron chi connectivity index (χ2n) is 5.00. The van der Waals surface area contributed by atoms with Crippen LogP contribution in [0.15, 0.2) is 28.2 Å². The van der Waals surface area contributed by atoms with Gasteiger partial charge in [0.15, 0.2) is 5.78 Å². The van der Waals surface area contributed by atoms with E-state index in [1.54, 1.807) is 18.2 Å². The molecule has 0 bridgehead atoms. The summed E-state index contributed by atoms with van der Waals surface area (Å²) in [6.45, 7) is 1.53. The van der Waals surface area contributed by atoms with Crippen molar-refractivity contribution >= 4 is 11.9 Å². The summed E-state index contributed by atoms with van der Waals surface area (Å²) in [6.07, 6.45) is 0.458. The maximum atomic E-state index is 12.0. The lowest BCUT2D eigenvalue weighted by Gasteiger charge is -2.20. The van der Waals surface area contributed by atoms with E-state index < -0.39 is 11.9 Å². The number of nitrogens with zero attached hydrogens (tertiary/aromatic N) is 2. The first kappa shape index (κ1) is 11.8. The summed E-state index contributed by atoms with van der Waals surface area (Å²) in [5.74, 6) is -0.994. The molecule has 1 heterocycles. The fourth-order valence-electron chi connectivity index (χ4n) is 2.19. The van der Waals surface area contributed by atoms with Crippen LogP contribution in [-0.4, -0.2) is 17.7 Å². The Morgan fingerprint density at radius 3 is 2.63 bits per heavy atom. The van der Waals surface area contributed by atoms with Gasteiger partial charge in [-0.3, -0.25) is 4.79 Å². The number of Topliss-reactive ketones (excluding diaryl/α,β-unsaturated/α-hetero) is 1. The molecule has 2 aliphatic rings. The number of hydrogen-bond acceptors (Lipinski definition) is 5. The predicted molar refractivity (Wildman–Crippen MR) is 62.7 cm³/mol. The maximum absolute atomic E-state index is 12.0. The number of carbonyl (C=O) groups is 2. The second-order valence-corrected chi connectivity index (χ2v) is 5.00. The van der Waals surface area contributed by atoms with Gasteiger partial charge in [-0.05, 0) is 31.0 Å². The van der Waals surface area contributed by atoms with Crippen LogP contribution in [0.4, 0.5) is 4.79 Å². The Morgan fingerprint density at radius 1 is 1.32 bits per heavy atom. The van der Waals surface area contributed by atoms with Crippen LogP contribution in [0.25, 0.3) is 0 Å². The summed E-state index contributed by atoms with van der Waals surface area (Å²) in [7, 11) is 0. The number of ketones is 1. The Labute approximate surface area is 108 Å². The Morgan fingerprint density at radius 2 is 2.00 bits per heavy atom. The van der Waals surface area contributed by atoms with Crippen LogP contribution in [-0.2, 0) is 0 Å². The van der Waals surface area contributed by atoms with E-state index in [2.05, 4.69) is 15.3 Å². The molecule has 6 heteroatoms. The van der Waals surface area contributed by atoms with Gasteiger partial charge in [0.1, 0.15) is 6.09 Å². The maximum Gasteiger partial charge on any atom is 0.224 e. The zero-order chi connectivity index (χ0) is 13.6. The zero-order valence-corrected chi connectivity index (χ0v) is 10.3. The molecule has 1 unspecified atom stereocenters. The molecule has 1 aliphatic carbocycles. The van der Waals surface area contributed by atoms with Crippen molar-refractivity contribution in [3.8, 4) is 0 Å². The Balaban J connectivity index is 1.99. The van der Waals surface area contributed by atoms with Crippen LogP contribution in [0.1, 0.15) is 30.1 Å². The number of amides is 1. The molecule has 0 aromatic heterocycles. The van der Waals surface area contributed by atoms with Gasteiger partial charge in [-0.25, -0.2) is 9.98 Å². The SMILES string of the molecule is CC1(NC(=O)[O-])N=c2ccc(C(=O)C3CC3)cc2=N1. The van der Waals surface area contributed by atoms with Gasteiger partial charge in [0.2, 0.25) is 5.79 Å². The van der Waals surface area contributed by atoms with E-state index in [4.69, 9.17) is 0 Å². The first-order valence-corrected chi connectivity index (χ1v) is 6.10. The smallest absolute Gasteiger partial charge is 0.224 e. The number of fused-ring (bicyclic) bond motifs is 1. The van der Waals surface area contributed by atoms with Crippen molar-refractivity contribution in [1.82, 2.24) is 5.32 Å². The van der Waals surface area contributed by atoms with Gasteiger partial charge in [0.25, 0.3) is 0 Å². The molecule has 98 valence electrons. The number of carboxylic acid groups (broad SMARTS) is 1. The third kappa shape index (κ3) is 2.21. The van der Waals surface area contributed by atoms with Crippen molar-refractivity contribution in [2.24, 2.45) is 15.9 Å². The standard InChI is InChI=1S/C13H13N3O3/c1-13(16-12(18)19)14-9-5-4-8(6-10(9)15-13)11(17)7-2-3-7/h4-7,16H,2-3H2,1H3,(H,18,19)/p-1. The summed E-state index contributed by atoms with van der Waals surface area (Å²) in [5, 5.41) is 13.8. The van der Waals surface area contributed by atoms with E-state index in [-0.39, 0.29) is 11.7 Å². The molecule has 19 heavy (non-hydrogen) atoms. The molecule has 1 aromatic rings. The monoisotopic (exact) mass is 258 g/mol. The quantitative estimate of drug-likeness (QED) is 0.715. The molecule has 0 radical (unpaired) electrons. The van der Waals surface area contributed by atoms with Gasteiger partial charge < -0.3 is 15.2 Å². The highest BCUT2D eigenvalue weighted by Crippen LogP contribution is 2.32. The van der Waals surface area contributed by atoms with Gasteiger partial charge in [-0.1, -0.05) is 0 Å². The Hall–Kier alpha value is -2.24. The van der Waals surface area contributed by atoms with Crippen LogP contribution >= 0.6 is 0 Å². The van der Waals surface area contributed by atoms with E-state index in [9.17, 15) is 14.7 Å². The number of nitrogens with one attached hydrogen (secondary N) is 1. The lowest BCUT2D eigenvalue weighted by Crippen LogP contribution is -2.48. The first-order valence-electron chi connectivity index (χ1n) is 6.10. The zero-order valence-electron chi connectivity index (χ0n) is 10.3. The summed E-state index contributed by atoms with van der Waals surface area (Å²) < 4.78 is 0. The average molecular weight is 258 g/mol. The van der Waals surface area contributed by atoms with Gasteiger partial charge in [-0.15, -0.1) is 0 Å². The number of rotatable bonds is 3. The first-order chi connectivity index (χ1) is 8.97. The third-order valence-corrected chi connectivity index (χ3v) is 3.22. The van der Waals surface area contributed by atoms with Crippen molar-refractivity contribution in [3.05, 3.63) is 34.5 Å². The number of hydrogen-bond donors (Lipinski definition) is 1. The largest absolute Gasteiger partial charge is 0.530 e. The summed E-state index contributed by atoms with van der Waals surface area (Å²) in [4.78, 5) is 30.9. The van der Waals surface area contributed by atoms with Gasteiger partial charge in [-0.2, -0.15) is 0 Å².